The van der Waals surface area contributed by atoms with Gasteiger partial charge in [0.15, 0.2) is 11.5 Å². The normalized spacial score (nSPS) is 10.7. The average molecular weight is 244 g/mol. The van der Waals surface area contributed by atoms with Crippen LogP contribution in [0.3, 0.4) is 0 Å². The van der Waals surface area contributed by atoms with Crippen LogP contribution in [-0.2, 0) is 0 Å². The maximum atomic E-state index is 9.20. The molecule has 0 amide bonds. The zero-order valence-electron chi connectivity index (χ0n) is 9.07. The summed E-state index contributed by atoms with van der Waals surface area (Å²) in [5, 5.41) is 20.2. The first-order valence-corrected chi connectivity index (χ1v) is 5.08. The molecule has 0 aliphatic heterocycles. The molecule has 0 aliphatic rings. The number of aromatic nitrogens is 3. The third-order valence-corrected chi connectivity index (χ3v) is 2.32. The molecule has 3 rings (SSSR count). The van der Waals surface area contributed by atoms with Gasteiger partial charge in [0.2, 0.25) is 0 Å². The van der Waals surface area contributed by atoms with Gasteiger partial charge in [-0.3, -0.25) is 0 Å². The summed E-state index contributed by atoms with van der Waals surface area (Å²) >= 11 is 0. The second-order valence-electron chi connectivity index (χ2n) is 3.57. The van der Waals surface area contributed by atoms with Crippen molar-refractivity contribution in [3.8, 4) is 28.7 Å². The van der Waals surface area contributed by atoms with Crippen LogP contribution >= 0.6 is 0 Å². The van der Waals surface area contributed by atoms with E-state index in [4.69, 9.17) is 14.7 Å². The van der Waals surface area contributed by atoms with E-state index in [1.165, 1.54) is 0 Å². The summed E-state index contributed by atoms with van der Waals surface area (Å²) in [7, 11) is 0. The lowest BCUT2D eigenvalue weighted by Crippen LogP contribution is -1.81. The van der Waals surface area contributed by atoms with Crippen LogP contribution in [0.5, 0.6) is 5.75 Å². The van der Waals surface area contributed by atoms with Crippen molar-refractivity contribution in [2.45, 2.75) is 0 Å². The number of rotatable bonds is 2. The Kier molecular flexibility index (Phi) is 2.23. The number of anilines is 1. The van der Waals surface area contributed by atoms with Crippen molar-refractivity contribution in [3.05, 3.63) is 30.3 Å². The molecule has 90 valence electrons. The standard InChI is InChI=1S/C11H8N4O3/c12-11-14-13-10(17-11)8-5-9(18-15-8)6-1-3-7(16)4-2-6/h1-5,16H,(H2,12,14). The van der Waals surface area contributed by atoms with Crippen molar-refractivity contribution in [2.75, 3.05) is 5.73 Å². The molecule has 2 aromatic heterocycles. The molecule has 18 heavy (non-hydrogen) atoms. The number of benzene rings is 1. The highest BCUT2D eigenvalue weighted by atomic mass is 16.5. The Morgan fingerprint density at radius 2 is 1.89 bits per heavy atom. The average Bonchev–Trinajstić information content (AvgIpc) is 2.98. The first kappa shape index (κ1) is 10.3. The highest BCUT2D eigenvalue weighted by Crippen LogP contribution is 2.26. The molecule has 2 heterocycles. The molecule has 0 atom stereocenters. The van der Waals surface area contributed by atoms with Crippen molar-refractivity contribution in [2.24, 2.45) is 0 Å². The van der Waals surface area contributed by atoms with E-state index in [0.29, 0.717) is 11.5 Å². The molecule has 0 spiro atoms. The largest absolute Gasteiger partial charge is 0.508 e. The van der Waals surface area contributed by atoms with Gasteiger partial charge in [-0.15, -0.1) is 5.10 Å². The van der Waals surface area contributed by atoms with E-state index in [1.54, 1.807) is 30.3 Å². The molecule has 0 fully saturated rings. The second-order valence-corrected chi connectivity index (χ2v) is 3.57. The molecule has 7 heteroatoms. The lowest BCUT2D eigenvalue weighted by Gasteiger charge is -1.94. The summed E-state index contributed by atoms with van der Waals surface area (Å²) in [4.78, 5) is 0. The smallest absolute Gasteiger partial charge is 0.313 e. The summed E-state index contributed by atoms with van der Waals surface area (Å²) in [6.07, 6.45) is 0. The molecule has 0 saturated heterocycles. The Labute approximate surface area is 101 Å². The highest BCUT2D eigenvalue weighted by molar-refractivity contribution is 5.63. The van der Waals surface area contributed by atoms with E-state index in [0.717, 1.165) is 5.56 Å². The number of nitrogens with zero attached hydrogens (tertiary/aromatic N) is 3. The van der Waals surface area contributed by atoms with Gasteiger partial charge in [-0.2, -0.15) is 0 Å². The summed E-state index contributed by atoms with van der Waals surface area (Å²) in [5.74, 6) is 0.909. The van der Waals surface area contributed by atoms with Crippen molar-refractivity contribution in [3.63, 3.8) is 0 Å². The third kappa shape index (κ3) is 1.77. The summed E-state index contributed by atoms with van der Waals surface area (Å²) in [6, 6.07) is 8.16. The number of phenols is 1. The van der Waals surface area contributed by atoms with E-state index in [-0.39, 0.29) is 17.7 Å². The van der Waals surface area contributed by atoms with Gasteiger partial charge in [0.1, 0.15) is 5.75 Å². The fourth-order valence-electron chi connectivity index (χ4n) is 1.48. The number of hydrogen-bond donors (Lipinski definition) is 2. The summed E-state index contributed by atoms with van der Waals surface area (Å²) in [6.45, 7) is 0. The van der Waals surface area contributed by atoms with Gasteiger partial charge in [0, 0.05) is 11.6 Å². The van der Waals surface area contributed by atoms with Gasteiger partial charge in [-0.1, -0.05) is 10.3 Å². The maximum absolute atomic E-state index is 9.20. The molecule has 0 bridgehead atoms. The number of hydrogen-bond acceptors (Lipinski definition) is 7. The second kappa shape index (κ2) is 3.88. The lowest BCUT2D eigenvalue weighted by atomic mass is 10.1. The molecule has 7 nitrogen and oxygen atoms in total. The fraction of sp³-hybridized carbons (Fsp3) is 0. The number of phenolic OH excluding ortho intramolecular Hbond substituents is 1. The minimum atomic E-state index is -0.0285. The summed E-state index contributed by atoms with van der Waals surface area (Å²) in [5.41, 5.74) is 6.51. The van der Waals surface area contributed by atoms with Gasteiger partial charge < -0.3 is 19.8 Å². The molecule has 0 radical (unpaired) electrons. The van der Waals surface area contributed by atoms with Gasteiger partial charge in [-0.05, 0) is 24.3 Å². The van der Waals surface area contributed by atoms with Gasteiger partial charge in [-0.25, -0.2) is 0 Å². The molecule has 3 N–H and O–H groups in total. The van der Waals surface area contributed by atoms with E-state index >= 15 is 0 Å². The highest BCUT2D eigenvalue weighted by Gasteiger charge is 2.13. The van der Waals surface area contributed by atoms with Crippen LogP contribution in [0.2, 0.25) is 0 Å². The van der Waals surface area contributed by atoms with E-state index in [1.807, 2.05) is 0 Å². The van der Waals surface area contributed by atoms with Crippen LogP contribution in [-0.4, -0.2) is 20.5 Å². The molecule has 0 saturated carbocycles. The molecule has 0 aliphatic carbocycles. The number of nitrogens with two attached hydrogens (primary N) is 1. The van der Waals surface area contributed by atoms with Crippen LogP contribution in [0.25, 0.3) is 22.9 Å². The predicted octanol–water partition coefficient (Wildman–Crippen LogP) is 1.68. The first-order valence-electron chi connectivity index (χ1n) is 5.08. The van der Waals surface area contributed by atoms with Gasteiger partial charge >= 0.3 is 6.01 Å². The molecule has 3 aromatic rings. The maximum Gasteiger partial charge on any atom is 0.313 e. The third-order valence-electron chi connectivity index (χ3n) is 2.32. The topological polar surface area (TPSA) is 111 Å². The molecule has 0 unspecified atom stereocenters. The monoisotopic (exact) mass is 244 g/mol. The SMILES string of the molecule is Nc1nnc(-c2cc(-c3ccc(O)cc3)on2)o1. The number of aromatic hydroxyl groups is 1. The van der Waals surface area contributed by atoms with Crippen LogP contribution in [0, 0.1) is 0 Å². The van der Waals surface area contributed by atoms with E-state index < -0.39 is 0 Å². The van der Waals surface area contributed by atoms with Crippen molar-refractivity contribution >= 4 is 6.01 Å². The molecule has 1 aromatic carbocycles. The van der Waals surface area contributed by atoms with Gasteiger partial charge in [0.25, 0.3) is 5.89 Å². The Bertz CT molecular complexity index is 672. The van der Waals surface area contributed by atoms with E-state index in [9.17, 15) is 5.11 Å². The van der Waals surface area contributed by atoms with Crippen molar-refractivity contribution in [1.82, 2.24) is 15.4 Å². The van der Waals surface area contributed by atoms with Crippen LogP contribution in [0.1, 0.15) is 0 Å². The quantitative estimate of drug-likeness (QED) is 0.705. The fourth-order valence-corrected chi connectivity index (χ4v) is 1.48. The zero-order chi connectivity index (χ0) is 12.5. The number of nitrogen functional groups attached to an aromatic ring is 1. The van der Waals surface area contributed by atoms with Crippen LogP contribution < -0.4 is 5.73 Å². The van der Waals surface area contributed by atoms with E-state index in [2.05, 4.69) is 15.4 Å². The minimum Gasteiger partial charge on any atom is -0.508 e. The lowest BCUT2D eigenvalue weighted by molar-refractivity contribution is 0.431. The Morgan fingerprint density at radius 3 is 2.56 bits per heavy atom. The van der Waals surface area contributed by atoms with Gasteiger partial charge in [0.05, 0.1) is 0 Å². The minimum absolute atomic E-state index is 0.0285. The Hall–Kier alpha value is -2.83. The molecular weight excluding hydrogens is 236 g/mol. The van der Waals surface area contributed by atoms with Crippen molar-refractivity contribution in [1.29, 1.82) is 0 Å². The first-order chi connectivity index (χ1) is 8.72. The molecular formula is C11H8N4O3. The summed E-state index contributed by atoms with van der Waals surface area (Å²) < 4.78 is 10.2. The Morgan fingerprint density at radius 1 is 1.11 bits per heavy atom. The van der Waals surface area contributed by atoms with Crippen LogP contribution in [0.15, 0.2) is 39.3 Å². The predicted molar refractivity (Wildman–Crippen MR) is 61.3 cm³/mol. The zero-order valence-corrected chi connectivity index (χ0v) is 9.07. The van der Waals surface area contributed by atoms with Crippen molar-refractivity contribution < 1.29 is 14.0 Å². The van der Waals surface area contributed by atoms with Crippen LogP contribution in [0.4, 0.5) is 6.01 Å². The Balaban J connectivity index is 1.96.